The van der Waals surface area contributed by atoms with E-state index in [1.165, 1.54) is 6.07 Å². The largest absolute Gasteiger partial charge is 0.494 e. The molecule has 1 saturated heterocycles. The van der Waals surface area contributed by atoms with Crippen molar-refractivity contribution in [3.63, 3.8) is 0 Å². The number of rotatable bonds is 5. The summed E-state index contributed by atoms with van der Waals surface area (Å²) in [5.74, 6) is -0.324. The quantitative estimate of drug-likeness (QED) is 0.847. The number of hydrogen-bond acceptors (Lipinski definition) is 4. The Morgan fingerprint density at radius 3 is 2.56 bits per heavy atom. The molecule has 25 heavy (non-hydrogen) atoms. The lowest BCUT2D eigenvalue weighted by Crippen LogP contribution is -2.34. The molecule has 1 atom stereocenters. The molecule has 0 saturated carbocycles. The Balaban J connectivity index is 1.76. The van der Waals surface area contributed by atoms with Gasteiger partial charge in [-0.15, -0.1) is 0 Å². The van der Waals surface area contributed by atoms with Crippen LogP contribution < -0.4 is 15.0 Å². The number of carbonyl (C=O) groups excluding carboxylic acids is 2. The lowest BCUT2D eigenvalue weighted by molar-refractivity contribution is -0.121. The van der Waals surface area contributed by atoms with Crippen molar-refractivity contribution >= 4 is 23.2 Å². The summed E-state index contributed by atoms with van der Waals surface area (Å²) in [6.07, 6.45) is 0.0293. The van der Waals surface area contributed by atoms with E-state index >= 15 is 0 Å². The molecule has 1 N–H and O–H groups in total. The summed E-state index contributed by atoms with van der Waals surface area (Å²) in [6, 6.07) is 10.7. The zero-order chi connectivity index (χ0) is 18.0. The Morgan fingerprint density at radius 2 is 1.92 bits per heavy atom. The molecule has 1 aliphatic rings. The highest BCUT2D eigenvalue weighted by molar-refractivity contribution is 6.23. The Kier molecular flexibility index (Phi) is 4.70. The van der Waals surface area contributed by atoms with Gasteiger partial charge in [-0.3, -0.25) is 9.59 Å². The van der Waals surface area contributed by atoms with Crippen molar-refractivity contribution in [1.82, 2.24) is 0 Å². The monoisotopic (exact) mass is 342 g/mol. The number of halogens is 1. The molecular formula is C19H19FN2O3. The number of amides is 2. The molecule has 0 spiro atoms. The van der Waals surface area contributed by atoms with Crippen LogP contribution in [0.1, 0.15) is 18.9 Å². The average molecular weight is 342 g/mol. The molecule has 0 radical (unpaired) electrons. The van der Waals surface area contributed by atoms with Crippen molar-refractivity contribution in [1.29, 1.82) is 0 Å². The van der Waals surface area contributed by atoms with Crippen LogP contribution in [0.15, 0.2) is 42.5 Å². The minimum absolute atomic E-state index is 0.0293. The second-order valence-electron chi connectivity index (χ2n) is 5.86. The molecule has 1 fully saturated rings. The highest BCUT2D eigenvalue weighted by Crippen LogP contribution is 2.27. The molecule has 0 aliphatic carbocycles. The molecule has 3 rings (SSSR count). The standard InChI is InChI=1S/C19H19FN2O3/c1-3-25-15-8-6-14(7-9-15)22-18(23)11-17(19(22)24)21-13-5-4-12(2)16(20)10-13/h4-10,17,21H,3,11H2,1-2H3/t17-/m0/s1. The van der Waals surface area contributed by atoms with Crippen molar-refractivity contribution in [2.75, 3.05) is 16.8 Å². The van der Waals surface area contributed by atoms with Gasteiger partial charge in [0.25, 0.3) is 5.91 Å². The van der Waals surface area contributed by atoms with Gasteiger partial charge >= 0.3 is 0 Å². The molecule has 2 aromatic rings. The average Bonchev–Trinajstić information content (AvgIpc) is 2.86. The second-order valence-corrected chi connectivity index (χ2v) is 5.86. The van der Waals surface area contributed by atoms with Crippen LogP contribution in [0.2, 0.25) is 0 Å². The number of anilines is 2. The van der Waals surface area contributed by atoms with Gasteiger partial charge in [0.1, 0.15) is 17.6 Å². The minimum Gasteiger partial charge on any atom is -0.494 e. The molecular weight excluding hydrogens is 323 g/mol. The van der Waals surface area contributed by atoms with E-state index in [0.717, 1.165) is 4.90 Å². The summed E-state index contributed by atoms with van der Waals surface area (Å²) in [6.45, 7) is 4.09. The van der Waals surface area contributed by atoms with E-state index in [2.05, 4.69) is 5.32 Å². The fourth-order valence-corrected chi connectivity index (χ4v) is 2.76. The van der Waals surface area contributed by atoms with Crippen LogP contribution in [0.25, 0.3) is 0 Å². The van der Waals surface area contributed by atoms with Crippen LogP contribution >= 0.6 is 0 Å². The summed E-state index contributed by atoms with van der Waals surface area (Å²) < 4.78 is 19.0. The van der Waals surface area contributed by atoms with Gasteiger partial charge in [0.05, 0.1) is 18.7 Å². The van der Waals surface area contributed by atoms with Crippen molar-refractivity contribution in [3.8, 4) is 5.75 Å². The molecule has 2 aromatic carbocycles. The summed E-state index contributed by atoms with van der Waals surface area (Å²) >= 11 is 0. The normalized spacial score (nSPS) is 17.1. The van der Waals surface area contributed by atoms with Crippen molar-refractivity contribution in [2.24, 2.45) is 0 Å². The molecule has 2 amide bonds. The predicted octanol–water partition coefficient (Wildman–Crippen LogP) is 3.28. The first-order chi connectivity index (χ1) is 12.0. The predicted molar refractivity (Wildman–Crippen MR) is 93.3 cm³/mol. The Labute approximate surface area is 145 Å². The summed E-state index contributed by atoms with van der Waals surface area (Å²) in [5, 5.41) is 2.94. The third-order valence-electron chi connectivity index (χ3n) is 4.07. The minimum atomic E-state index is -0.707. The van der Waals surface area contributed by atoms with Gasteiger partial charge in [-0.2, -0.15) is 0 Å². The van der Waals surface area contributed by atoms with Crippen molar-refractivity contribution in [2.45, 2.75) is 26.3 Å². The molecule has 1 aliphatic heterocycles. The molecule has 1 heterocycles. The summed E-state index contributed by atoms with van der Waals surface area (Å²) in [7, 11) is 0. The van der Waals surface area contributed by atoms with E-state index in [9.17, 15) is 14.0 Å². The van der Waals surface area contributed by atoms with Gasteiger partial charge < -0.3 is 10.1 Å². The first-order valence-electron chi connectivity index (χ1n) is 8.12. The number of nitrogens with one attached hydrogen (secondary N) is 1. The number of aryl methyl sites for hydroxylation is 1. The van der Waals surface area contributed by atoms with E-state index in [-0.39, 0.29) is 24.1 Å². The first-order valence-corrected chi connectivity index (χ1v) is 8.12. The van der Waals surface area contributed by atoms with E-state index in [1.54, 1.807) is 43.3 Å². The second kappa shape index (κ2) is 6.93. The number of nitrogens with zero attached hydrogens (tertiary/aromatic N) is 1. The summed E-state index contributed by atoms with van der Waals surface area (Å²) in [5.41, 5.74) is 1.50. The van der Waals surface area contributed by atoms with Gasteiger partial charge in [0.2, 0.25) is 5.91 Å². The van der Waals surface area contributed by atoms with E-state index in [0.29, 0.717) is 29.3 Å². The third-order valence-corrected chi connectivity index (χ3v) is 4.07. The maximum atomic E-state index is 13.7. The lowest BCUT2D eigenvalue weighted by Gasteiger charge is -2.16. The van der Waals surface area contributed by atoms with Crippen LogP contribution in [0.5, 0.6) is 5.75 Å². The van der Waals surface area contributed by atoms with Gasteiger partial charge in [-0.25, -0.2) is 9.29 Å². The fourth-order valence-electron chi connectivity index (χ4n) is 2.76. The van der Waals surface area contributed by atoms with Crippen LogP contribution in [-0.4, -0.2) is 24.5 Å². The van der Waals surface area contributed by atoms with Crippen molar-refractivity contribution < 1.29 is 18.7 Å². The molecule has 6 heteroatoms. The summed E-state index contributed by atoms with van der Waals surface area (Å²) in [4.78, 5) is 26.0. The lowest BCUT2D eigenvalue weighted by atomic mass is 10.2. The maximum absolute atomic E-state index is 13.7. The zero-order valence-electron chi connectivity index (χ0n) is 14.1. The van der Waals surface area contributed by atoms with Crippen LogP contribution in [0.3, 0.4) is 0 Å². The number of carbonyl (C=O) groups is 2. The molecule has 0 bridgehead atoms. The number of imide groups is 1. The highest BCUT2D eigenvalue weighted by Gasteiger charge is 2.39. The smallest absolute Gasteiger partial charge is 0.256 e. The number of ether oxygens (including phenoxy) is 1. The van der Waals surface area contributed by atoms with Gasteiger partial charge in [0, 0.05) is 5.69 Å². The van der Waals surface area contributed by atoms with Crippen LogP contribution in [0, 0.1) is 12.7 Å². The zero-order valence-corrected chi connectivity index (χ0v) is 14.1. The Bertz CT molecular complexity index is 805. The molecule has 5 nitrogen and oxygen atoms in total. The topological polar surface area (TPSA) is 58.6 Å². The maximum Gasteiger partial charge on any atom is 0.256 e. The Hall–Kier alpha value is -2.89. The van der Waals surface area contributed by atoms with Crippen LogP contribution in [0.4, 0.5) is 15.8 Å². The number of benzene rings is 2. The van der Waals surface area contributed by atoms with Crippen LogP contribution in [-0.2, 0) is 9.59 Å². The van der Waals surface area contributed by atoms with E-state index in [1.807, 2.05) is 6.92 Å². The SMILES string of the molecule is CCOc1ccc(N2C(=O)C[C@H](Nc3ccc(C)c(F)c3)C2=O)cc1. The molecule has 0 unspecified atom stereocenters. The van der Waals surface area contributed by atoms with E-state index in [4.69, 9.17) is 4.74 Å². The first kappa shape index (κ1) is 17.0. The van der Waals surface area contributed by atoms with Gasteiger partial charge in [-0.1, -0.05) is 6.07 Å². The van der Waals surface area contributed by atoms with Gasteiger partial charge in [-0.05, 0) is 55.8 Å². The highest BCUT2D eigenvalue weighted by atomic mass is 19.1. The number of hydrogen-bond donors (Lipinski definition) is 1. The van der Waals surface area contributed by atoms with Crippen molar-refractivity contribution in [3.05, 3.63) is 53.8 Å². The van der Waals surface area contributed by atoms with E-state index < -0.39 is 6.04 Å². The molecule has 130 valence electrons. The van der Waals surface area contributed by atoms with Gasteiger partial charge in [0.15, 0.2) is 0 Å². The third kappa shape index (κ3) is 3.47. The Morgan fingerprint density at radius 1 is 1.20 bits per heavy atom. The fraction of sp³-hybridized carbons (Fsp3) is 0.263. The molecule has 0 aromatic heterocycles.